The van der Waals surface area contributed by atoms with Crippen LogP contribution >= 0.6 is 0 Å². The zero-order chi connectivity index (χ0) is 22.7. The van der Waals surface area contributed by atoms with Crippen molar-refractivity contribution < 1.29 is 28.2 Å². The number of oxazole rings is 1. The molecule has 0 aliphatic heterocycles. The summed E-state index contributed by atoms with van der Waals surface area (Å²) in [6, 6.07) is 10.1. The summed E-state index contributed by atoms with van der Waals surface area (Å²) in [6.45, 7) is 0. The number of benzene rings is 2. The van der Waals surface area contributed by atoms with Crippen molar-refractivity contribution in [1.29, 1.82) is 0 Å². The number of pyridine rings is 1. The van der Waals surface area contributed by atoms with E-state index in [2.05, 4.69) is 15.3 Å². The van der Waals surface area contributed by atoms with Gasteiger partial charge >= 0.3 is 0 Å². The molecule has 0 aliphatic carbocycles. The summed E-state index contributed by atoms with van der Waals surface area (Å²) in [6.07, 6.45) is 3.26. The van der Waals surface area contributed by atoms with E-state index < -0.39 is 0 Å². The van der Waals surface area contributed by atoms with Gasteiger partial charge in [-0.05, 0) is 30.3 Å². The number of aromatic nitrogens is 2. The average Bonchev–Trinajstić information content (AvgIpc) is 3.27. The molecule has 0 spiro atoms. The number of carbonyl (C=O) groups excluding carboxylic acids is 1. The van der Waals surface area contributed by atoms with Crippen LogP contribution in [0.5, 0.6) is 23.0 Å². The Balaban J connectivity index is 1.69. The number of hydrogen-bond acceptors (Lipinski definition) is 8. The summed E-state index contributed by atoms with van der Waals surface area (Å²) in [5, 5.41) is 2.86. The third-order valence-corrected chi connectivity index (χ3v) is 4.81. The van der Waals surface area contributed by atoms with Crippen LogP contribution in [-0.2, 0) is 0 Å². The van der Waals surface area contributed by atoms with Gasteiger partial charge in [-0.1, -0.05) is 0 Å². The van der Waals surface area contributed by atoms with Gasteiger partial charge in [0, 0.05) is 23.4 Å². The Labute approximate surface area is 183 Å². The lowest BCUT2D eigenvalue weighted by atomic mass is 10.1. The van der Waals surface area contributed by atoms with Crippen molar-refractivity contribution in [1.82, 2.24) is 9.97 Å². The molecule has 4 rings (SSSR count). The molecular formula is C23H21N3O6. The molecule has 2 aromatic carbocycles. The maximum Gasteiger partial charge on any atom is 0.256 e. The van der Waals surface area contributed by atoms with Crippen molar-refractivity contribution in [3.8, 4) is 34.5 Å². The van der Waals surface area contributed by atoms with Crippen LogP contribution in [0.4, 0.5) is 5.69 Å². The van der Waals surface area contributed by atoms with Crippen LogP contribution in [0.2, 0.25) is 0 Å². The number of anilines is 1. The maximum atomic E-state index is 13.0. The van der Waals surface area contributed by atoms with Crippen molar-refractivity contribution in [2.75, 3.05) is 33.8 Å². The second-order valence-electron chi connectivity index (χ2n) is 6.65. The number of carbonyl (C=O) groups is 1. The van der Waals surface area contributed by atoms with Crippen molar-refractivity contribution in [3.63, 3.8) is 0 Å². The van der Waals surface area contributed by atoms with Crippen molar-refractivity contribution in [2.45, 2.75) is 0 Å². The highest BCUT2D eigenvalue weighted by Gasteiger charge is 2.19. The van der Waals surface area contributed by atoms with Crippen LogP contribution < -0.4 is 24.3 Å². The Hall–Kier alpha value is -4.27. The number of methoxy groups -OCH3 is 4. The second-order valence-corrected chi connectivity index (χ2v) is 6.65. The lowest BCUT2D eigenvalue weighted by Crippen LogP contribution is -2.13. The van der Waals surface area contributed by atoms with E-state index in [0.717, 1.165) is 0 Å². The Morgan fingerprint density at radius 1 is 0.906 bits per heavy atom. The third kappa shape index (κ3) is 3.87. The van der Waals surface area contributed by atoms with Crippen molar-refractivity contribution in [2.24, 2.45) is 0 Å². The molecule has 0 bridgehead atoms. The van der Waals surface area contributed by atoms with Gasteiger partial charge in [0.05, 0.1) is 40.3 Å². The van der Waals surface area contributed by atoms with Crippen LogP contribution in [0.25, 0.3) is 22.6 Å². The van der Waals surface area contributed by atoms with Crippen LogP contribution in [0.3, 0.4) is 0 Å². The number of nitrogens with zero attached hydrogens (tertiary/aromatic N) is 2. The summed E-state index contributed by atoms with van der Waals surface area (Å²) < 4.78 is 27.2. The van der Waals surface area contributed by atoms with Crippen molar-refractivity contribution >= 4 is 22.7 Å². The monoisotopic (exact) mass is 435 g/mol. The third-order valence-electron chi connectivity index (χ3n) is 4.81. The van der Waals surface area contributed by atoms with Gasteiger partial charge in [-0.2, -0.15) is 0 Å². The average molecular weight is 435 g/mol. The van der Waals surface area contributed by atoms with E-state index in [9.17, 15) is 4.79 Å². The summed E-state index contributed by atoms with van der Waals surface area (Å²) >= 11 is 0. The lowest BCUT2D eigenvalue weighted by molar-refractivity contribution is 0.102. The van der Waals surface area contributed by atoms with E-state index in [1.165, 1.54) is 28.4 Å². The quantitative estimate of drug-likeness (QED) is 0.461. The van der Waals surface area contributed by atoms with Gasteiger partial charge in [0.1, 0.15) is 11.3 Å². The number of fused-ring (bicyclic) bond motifs is 1. The smallest absolute Gasteiger partial charge is 0.256 e. The first-order valence-electron chi connectivity index (χ1n) is 9.58. The van der Waals surface area contributed by atoms with E-state index in [-0.39, 0.29) is 5.91 Å². The summed E-state index contributed by atoms with van der Waals surface area (Å²) in [5.74, 6) is 1.64. The molecule has 32 heavy (non-hydrogen) atoms. The molecule has 9 nitrogen and oxygen atoms in total. The number of nitrogens with one attached hydrogen (secondary N) is 1. The fourth-order valence-corrected chi connectivity index (χ4v) is 3.25. The fourth-order valence-electron chi connectivity index (χ4n) is 3.25. The molecule has 4 aromatic rings. The molecule has 1 amide bonds. The zero-order valence-electron chi connectivity index (χ0n) is 18.0. The molecule has 1 N–H and O–H groups in total. The molecular weight excluding hydrogens is 414 g/mol. The van der Waals surface area contributed by atoms with Crippen LogP contribution in [0, 0.1) is 0 Å². The normalized spacial score (nSPS) is 10.6. The number of ether oxygens (including phenoxy) is 4. The number of hydrogen-bond donors (Lipinski definition) is 1. The first-order valence-corrected chi connectivity index (χ1v) is 9.58. The van der Waals surface area contributed by atoms with E-state index in [1.807, 2.05) is 0 Å². The molecule has 0 fully saturated rings. The summed E-state index contributed by atoms with van der Waals surface area (Å²) in [4.78, 5) is 21.5. The Morgan fingerprint density at radius 2 is 1.62 bits per heavy atom. The number of rotatable bonds is 7. The topological polar surface area (TPSA) is 105 Å². The summed E-state index contributed by atoms with van der Waals surface area (Å²) in [7, 11) is 6.00. The Kier molecular flexibility index (Phi) is 5.80. The summed E-state index contributed by atoms with van der Waals surface area (Å²) in [5.41, 5.74) is 2.70. The van der Waals surface area contributed by atoms with Gasteiger partial charge in [-0.15, -0.1) is 0 Å². The molecule has 0 atom stereocenters. The maximum absolute atomic E-state index is 13.0. The van der Waals surface area contributed by atoms with Gasteiger partial charge in [0.15, 0.2) is 17.1 Å². The Bertz CT molecular complexity index is 1230. The van der Waals surface area contributed by atoms with Gasteiger partial charge in [-0.25, -0.2) is 4.98 Å². The first kappa shape index (κ1) is 21.0. The van der Waals surface area contributed by atoms with E-state index >= 15 is 0 Å². The highest BCUT2D eigenvalue weighted by atomic mass is 16.5. The fraction of sp³-hybridized carbons (Fsp3) is 0.174. The molecule has 0 saturated heterocycles. The minimum absolute atomic E-state index is 0.319. The van der Waals surface area contributed by atoms with E-state index in [1.54, 1.807) is 48.8 Å². The molecule has 0 unspecified atom stereocenters. The largest absolute Gasteiger partial charge is 0.495 e. The van der Waals surface area contributed by atoms with E-state index in [0.29, 0.717) is 56.8 Å². The van der Waals surface area contributed by atoms with Crippen LogP contribution in [0.1, 0.15) is 10.4 Å². The zero-order valence-corrected chi connectivity index (χ0v) is 18.0. The Morgan fingerprint density at radius 3 is 2.25 bits per heavy atom. The van der Waals surface area contributed by atoms with Crippen LogP contribution in [-0.4, -0.2) is 44.3 Å². The molecule has 0 saturated carbocycles. The standard InChI is InChI=1S/C23H21N3O6/c1-28-17-6-5-13(23-26-16-12-24-8-7-18(16)32-23)9-15(17)25-22(27)14-10-19(29-2)21(31-4)20(11-14)30-3/h5-12H,1-4H3,(H,25,27). The van der Waals surface area contributed by atoms with Gasteiger partial charge in [-0.3, -0.25) is 9.78 Å². The number of amides is 1. The highest BCUT2D eigenvalue weighted by Crippen LogP contribution is 2.39. The SMILES string of the molecule is COc1ccc(-c2nc3cnccc3o2)cc1NC(=O)c1cc(OC)c(OC)c(OC)c1. The molecule has 0 radical (unpaired) electrons. The lowest BCUT2D eigenvalue weighted by Gasteiger charge is -2.15. The van der Waals surface area contributed by atoms with Crippen molar-refractivity contribution in [3.05, 3.63) is 54.4 Å². The van der Waals surface area contributed by atoms with Gasteiger partial charge in [0.25, 0.3) is 5.91 Å². The molecule has 2 heterocycles. The first-order chi connectivity index (χ1) is 15.6. The highest BCUT2D eigenvalue weighted by molar-refractivity contribution is 6.06. The minimum Gasteiger partial charge on any atom is -0.495 e. The molecule has 2 aromatic heterocycles. The molecule has 164 valence electrons. The van der Waals surface area contributed by atoms with Gasteiger partial charge in [0.2, 0.25) is 11.6 Å². The molecule has 0 aliphatic rings. The predicted molar refractivity (Wildman–Crippen MR) is 118 cm³/mol. The van der Waals surface area contributed by atoms with Crippen LogP contribution in [0.15, 0.2) is 53.2 Å². The van der Waals surface area contributed by atoms with Gasteiger partial charge < -0.3 is 28.7 Å². The predicted octanol–water partition coefficient (Wildman–Crippen LogP) is 4.18. The molecule has 9 heteroatoms. The second kappa shape index (κ2) is 8.84. The van der Waals surface area contributed by atoms with E-state index in [4.69, 9.17) is 23.4 Å². The minimum atomic E-state index is -0.388.